The summed E-state index contributed by atoms with van der Waals surface area (Å²) >= 11 is 1.95. The molecular formula is C12H15FIN3O5. The number of ether oxygens (including phenoxy) is 1. The fourth-order valence-electron chi connectivity index (χ4n) is 2.23. The standard InChI is InChI=1S/C12H15FIN3O5/c13-4-12(5-18)8(20)7(19)10(22-12)17-3-6(1-2-14)9(15)16-11(17)21/h1-3,7-8,10,18-20H,4-5H2,(H2,15,16,21)/t7-,8+,10-,12-/m1/s1. The van der Waals surface area contributed by atoms with Crippen LogP contribution in [0.15, 0.2) is 15.1 Å². The first-order valence-corrected chi connectivity index (χ1v) is 7.51. The van der Waals surface area contributed by atoms with Gasteiger partial charge in [0.15, 0.2) is 11.8 Å². The van der Waals surface area contributed by atoms with Gasteiger partial charge in [-0.05, 0) is 10.2 Å². The van der Waals surface area contributed by atoms with Crippen molar-refractivity contribution in [3.05, 3.63) is 26.3 Å². The number of hydrogen-bond acceptors (Lipinski definition) is 7. The lowest BCUT2D eigenvalue weighted by Gasteiger charge is -2.26. The van der Waals surface area contributed by atoms with Gasteiger partial charge < -0.3 is 25.8 Å². The van der Waals surface area contributed by atoms with E-state index in [1.54, 1.807) is 10.2 Å². The maximum Gasteiger partial charge on any atom is 0.351 e. The Morgan fingerprint density at radius 3 is 2.77 bits per heavy atom. The number of anilines is 1. The molecular weight excluding hydrogens is 412 g/mol. The maximum atomic E-state index is 13.1. The largest absolute Gasteiger partial charge is 0.393 e. The van der Waals surface area contributed by atoms with Crippen molar-refractivity contribution in [1.29, 1.82) is 0 Å². The Labute approximate surface area is 138 Å². The molecule has 0 spiro atoms. The van der Waals surface area contributed by atoms with E-state index in [1.807, 2.05) is 22.6 Å². The van der Waals surface area contributed by atoms with Crippen LogP contribution >= 0.6 is 22.6 Å². The fraction of sp³-hybridized carbons (Fsp3) is 0.500. The lowest BCUT2D eigenvalue weighted by Crippen LogP contribution is -2.48. The summed E-state index contributed by atoms with van der Waals surface area (Å²) in [6, 6.07) is 0. The zero-order chi connectivity index (χ0) is 16.5. The van der Waals surface area contributed by atoms with Gasteiger partial charge in [-0.3, -0.25) is 4.57 Å². The van der Waals surface area contributed by atoms with Crippen LogP contribution in [-0.2, 0) is 4.74 Å². The molecule has 1 aliphatic heterocycles. The van der Waals surface area contributed by atoms with E-state index in [9.17, 15) is 24.5 Å². The van der Waals surface area contributed by atoms with Gasteiger partial charge in [-0.25, -0.2) is 9.18 Å². The molecule has 1 saturated heterocycles. The van der Waals surface area contributed by atoms with Crippen molar-refractivity contribution in [3.63, 3.8) is 0 Å². The van der Waals surface area contributed by atoms with Crippen LogP contribution in [0.25, 0.3) is 6.08 Å². The van der Waals surface area contributed by atoms with Crippen molar-refractivity contribution in [2.75, 3.05) is 19.0 Å². The van der Waals surface area contributed by atoms with Gasteiger partial charge >= 0.3 is 5.69 Å². The van der Waals surface area contributed by atoms with Gasteiger partial charge in [-0.1, -0.05) is 22.6 Å². The minimum Gasteiger partial charge on any atom is -0.393 e. The molecule has 1 aromatic heterocycles. The summed E-state index contributed by atoms with van der Waals surface area (Å²) in [7, 11) is 0. The van der Waals surface area contributed by atoms with E-state index in [-0.39, 0.29) is 5.82 Å². The molecule has 2 heterocycles. The highest BCUT2D eigenvalue weighted by molar-refractivity contribution is 14.1. The number of alkyl halides is 1. The highest BCUT2D eigenvalue weighted by Crippen LogP contribution is 2.37. The monoisotopic (exact) mass is 427 g/mol. The number of aromatic nitrogens is 2. The van der Waals surface area contributed by atoms with Crippen molar-refractivity contribution in [3.8, 4) is 0 Å². The van der Waals surface area contributed by atoms with E-state index < -0.39 is 43.0 Å². The lowest BCUT2D eigenvalue weighted by molar-refractivity contribution is -0.138. The van der Waals surface area contributed by atoms with Gasteiger partial charge in [-0.15, -0.1) is 0 Å². The molecule has 1 aliphatic rings. The molecule has 0 unspecified atom stereocenters. The Balaban J connectivity index is 2.49. The Morgan fingerprint density at radius 2 is 2.27 bits per heavy atom. The minimum atomic E-state index is -1.98. The zero-order valence-electron chi connectivity index (χ0n) is 11.3. The Morgan fingerprint density at radius 1 is 1.59 bits per heavy atom. The van der Waals surface area contributed by atoms with Crippen molar-refractivity contribution < 1.29 is 24.4 Å². The number of hydrogen-bond donors (Lipinski definition) is 4. The third kappa shape index (κ3) is 2.76. The molecule has 0 radical (unpaired) electrons. The second kappa shape index (κ2) is 6.58. The highest BCUT2D eigenvalue weighted by atomic mass is 127. The van der Waals surface area contributed by atoms with Crippen LogP contribution < -0.4 is 11.4 Å². The maximum absolute atomic E-state index is 13.1. The van der Waals surface area contributed by atoms with Crippen LogP contribution in [0.3, 0.4) is 0 Å². The number of nitrogens with zero attached hydrogens (tertiary/aromatic N) is 2. The Bertz CT molecular complexity index is 634. The number of nitrogen functional groups attached to an aromatic ring is 1. The van der Waals surface area contributed by atoms with Crippen LogP contribution in [0.1, 0.15) is 11.8 Å². The van der Waals surface area contributed by atoms with Gasteiger partial charge in [-0.2, -0.15) is 4.98 Å². The first kappa shape index (κ1) is 17.3. The number of halogens is 2. The number of aliphatic hydroxyl groups excluding tert-OH is 3. The quantitative estimate of drug-likeness (QED) is 0.462. The normalized spacial score (nSPS) is 32.0. The molecule has 4 atom stereocenters. The summed E-state index contributed by atoms with van der Waals surface area (Å²) in [5.41, 5.74) is 3.19. The summed E-state index contributed by atoms with van der Waals surface area (Å²) in [6.45, 7) is -2.08. The van der Waals surface area contributed by atoms with Crippen LogP contribution in [0.2, 0.25) is 0 Å². The van der Waals surface area contributed by atoms with E-state index >= 15 is 0 Å². The molecule has 2 rings (SSSR count). The van der Waals surface area contributed by atoms with Crippen LogP contribution in [0.5, 0.6) is 0 Å². The van der Waals surface area contributed by atoms with E-state index in [2.05, 4.69) is 4.98 Å². The topological polar surface area (TPSA) is 131 Å². The van der Waals surface area contributed by atoms with Crippen LogP contribution in [-0.4, -0.2) is 56.0 Å². The predicted molar refractivity (Wildman–Crippen MR) is 83.9 cm³/mol. The second-order valence-electron chi connectivity index (χ2n) is 4.86. The van der Waals surface area contributed by atoms with Crippen LogP contribution in [0, 0.1) is 0 Å². The SMILES string of the molecule is Nc1nc(=O)n([C@@H]2O[C@@](CO)(CF)[C@@H](O)[C@H]2O)cc1C=CI. The summed E-state index contributed by atoms with van der Waals surface area (Å²) in [5.74, 6) is -0.0129. The molecule has 0 amide bonds. The third-order valence-electron chi connectivity index (χ3n) is 3.53. The molecule has 0 aromatic carbocycles. The van der Waals surface area contributed by atoms with Gasteiger partial charge in [0.05, 0.1) is 6.61 Å². The van der Waals surface area contributed by atoms with Gasteiger partial charge in [0, 0.05) is 11.8 Å². The summed E-state index contributed by atoms with van der Waals surface area (Å²) in [6.07, 6.45) is -1.83. The Hall–Kier alpha value is -1.08. The first-order valence-electron chi connectivity index (χ1n) is 6.26. The minimum absolute atomic E-state index is 0.0129. The molecule has 1 aromatic rings. The van der Waals surface area contributed by atoms with Crippen molar-refractivity contribution in [2.45, 2.75) is 24.0 Å². The van der Waals surface area contributed by atoms with E-state index in [1.165, 1.54) is 6.20 Å². The van der Waals surface area contributed by atoms with Gasteiger partial charge in [0.1, 0.15) is 24.7 Å². The van der Waals surface area contributed by atoms with E-state index in [0.717, 1.165) is 4.57 Å². The number of nitrogens with two attached hydrogens (primary N) is 1. The average molecular weight is 427 g/mol. The molecule has 0 saturated carbocycles. The molecule has 122 valence electrons. The van der Waals surface area contributed by atoms with Gasteiger partial charge in [0.25, 0.3) is 0 Å². The molecule has 8 nitrogen and oxygen atoms in total. The molecule has 22 heavy (non-hydrogen) atoms. The van der Waals surface area contributed by atoms with E-state index in [4.69, 9.17) is 10.5 Å². The van der Waals surface area contributed by atoms with Crippen molar-refractivity contribution >= 4 is 34.5 Å². The predicted octanol–water partition coefficient (Wildman–Crippen LogP) is -0.818. The average Bonchev–Trinajstić information content (AvgIpc) is 2.75. The molecule has 0 bridgehead atoms. The second-order valence-corrected chi connectivity index (χ2v) is 5.58. The van der Waals surface area contributed by atoms with Crippen molar-refractivity contribution in [2.24, 2.45) is 0 Å². The third-order valence-corrected chi connectivity index (χ3v) is 3.89. The molecule has 1 fully saturated rings. The summed E-state index contributed by atoms with van der Waals surface area (Å²) in [4.78, 5) is 15.5. The summed E-state index contributed by atoms with van der Waals surface area (Å²) < 4.78 is 20.9. The first-order chi connectivity index (χ1) is 10.4. The van der Waals surface area contributed by atoms with Crippen molar-refractivity contribution in [1.82, 2.24) is 9.55 Å². The molecule has 10 heteroatoms. The van der Waals surface area contributed by atoms with E-state index in [0.29, 0.717) is 5.56 Å². The number of rotatable bonds is 4. The summed E-state index contributed by atoms with van der Waals surface area (Å²) in [5, 5.41) is 29.2. The van der Waals surface area contributed by atoms with Crippen LogP contribution in [0.4, 0.5) is 10.2 Å². The Kier molecular flexibility index (Phi) is 5.17. The van der Waals surface area contributed by atoms with Gasteiger partial charge in [0.2, 0.25) is 0 Å². The highest BCUT2D eigenvalue weighted by Gasteiger charge is 2.55. The fourth-order valence-corrected chi connectivity index (χ4v) is 2.61. The zero-order valence-corrected chi connectivity index (χ0v) is 13.4. The number of aliphatic hydroxyl groups is 3. The lowest BCUT2D eigenvalue weighted by atomic mass is 9.98. The smallest absolute Gasteiger partial charge is 0.351 e. The molecule has 0 aliphatic carbocycles. The molecule has 5 N–H and O–H groups in total.